The zero-order chi connectivity index (χ0) is 31.0. The number of hydrogen-bond donors (Lipinski definition) is 3. The molecular formula is C32H61N5O2. The molecule has 3 N–H and O–H groups in total. The van der Waals surface area contributed by atoms with Crippen LogP contribution in [0.15, 0.2) is 30.8 Å². The molecule has 7 heteroatoms. The van der Waals surface area contributed by atoms with E-state index >= 15 is 0 Å². The second-order valence-corrected chi connectivity index (χ2v) is 8.99. The van der Waals surface area contributed by atoms with E-state index in [4.69, 9.17) is 19.8 Å². The Hall–Kier alpha value is -2.48. The molecule has 0 radical (unpaired) electrons. The number of aromatic nitrogens is 2. The molecule has 0 saturated heterocycles. The molecule has 0 atom stereocenters. The van der Waals surface area contributed by atoms with E-state index in [2.05, 4.69) is 74.9 Å². The average Bonchev–Trinajstić information content (AvgIpc) is 2.92. The monoisotopic (exact) mass is 547 g/mol. The Kier molecular flexibility index (Phi) is 27.1. The first-order chi connectivity index (χ1) is 18.6. The molecule has 0 aliphatic heterocycles. The normalized spacial score (nSPS) is 9.69. The van der Waals surface area contributed by atoms with Crippen molar-refractivity contribution in [2.24, 2.45) is 0 Å². The van der Waals surface area contributed by atoms with Crippen LogP contribution in [0.5, 0.6) is 0 Å². The van der Waals surface area contributed by atoms with Crippen molar-refractivity contribution >= 4 is 17.1 Å². The van der Waals surface area contributed by atoms with Gasteiger partial charge in [0.15, 0.2) is 0 Å². The summed E-state index contributed by atoms with van der Waals surface area (Å²) in [4.78, 5) is 11.8. The Morgan fingerprint density at radius 2 is 1.56 bits per heavy atom. The van der Waals surface area contributed by atoms with E-state index in [1.807, 2.05) is 61.7 Å². The van der Waals surface area contributed by atoms with Crippen molar-refractivity contribution in [1.29, 1.82) is 0 Å². The molecule has 0 spiro atoms. The molecule has 0 fully saturated rings. The molecule has 0 aliphatic rings. The number of aliphatic hydroxyl groups excluding tert-OH is 1. The van der Waals surface area contributed by atoms with Crippen LogP contribution < -0.4 is 10.6 Å². The Morgan fingerprint density at radius 1 is 0.974 bits per heavy atom. The van der Waals surface area contributed by atoms with E-state index in [-0.39, 0.29) is 0 Å². The molecule has 226 valence electrons. The summed E-state index contributed by atoms with van der Waals surface area (Å²) in [5, 5.41) is 13.8. The van der Waals surface area contributed by atoms with Gasteiger partial charge in [0, 0.05) is 44.1 Å². The van der Waals surface area contributed by atoms with Gasteiger partial charge in [-0.3, -0.25) is 0 Å². The molecule has 39 heavy (non-hydrogen) atoms. The van der Waals surface area contributed by atoms with Gasteiger partial charge in [-0.1, -0.05) is 48.1 Å². The third-order valence-electron chi connectivity index (χ3n) is 4.76. The number of aliphatic hydroxyl groups is 1. The fraction of sp³-hybridized carbons (Fsp3) is 0.625. The largest absolute Gasteiger partial charge is 0.400 e. The molecule has 0 aliphatic carbocycles. The lowest BCUT2D eigenvalue weighted by Crippen LogP contribution is -2.17. The summed E-state index contributed by atoms with van der Waals surface area (Å²) in [7, 11) is 5.08. The van der Waals surface area contributed by atoms with Crippen LogP contribution in [-0.2, 0) is 4.74 Å². The molecule has 0 bridgehead atoms. The maximum absolute atomic E-state index is 7.00. The van der Waals surface area contributed by atoms with Crippen molar-refractivity contribution in [3.05, 3.63) is 42.2 Å². The van der Waals surface area contributed by atoms with E-state index in [0.29, 0.717) is 12.0 Å². The second kappa shape index (κ2) is 25.8. The first kappa shape index (κ1) is 41.0. The number of allylic oxidation sites excluding steroid dienone is 1. The number of likely N-dealkylation sites (N-methyl/N-ethyl adjacent to an activating group) is 1. The van der Waals surface area contributed by atoms with Crippen molar-refractivity contribution in [2.75, 3.05) is 58.1 Å². The number of pyridine rings is 2. The van der Waals surface area contributed by atoms with Crippen LogP contribution in [0.2, 0.25) is 0 Å². The SMILES string of the molecule is C=C(C)c1nc(-c2ccc(C(C)C)nc2NCC)ccc1NC(C)C.CC.CC.CCOCCN(C)C.CO. The topological polar surface area (TPSA) is 82.5 Å². The van der Waals surface area contributed by atoms with Crippen molar-refractivity contribution in [3.63, 3.8) is 0 Å². The first-order valence-electron chi connectivity index (χ1n) is 14.5. The third-order valence-corrected chi connectivity index (χ3v) is 4.76. The summed E-state index contributed by atoms with van der Waals surface area (Å²) in [6.45, 7) is 30.2. The molecule has 7 nitrogen and oxygen atoms in total. The van der Waals surface area contributed by atoms with Crippen LogP contribution in [0.4, 0.5) is 11.5 Å². The lowest BCUT2D eigenvalue weighted by Gasteiger charge is -2.17. The van der Waals surface area contributed by atoms with Crippen LogP contribution in [0.1, 0.15) is 93.5 Å². The van der Waals surface area contributed by atoms with Gasteiger partial charge in [0.05, 0.1) is 23.7 Å². The number of nitrogens with one attached hydrogen (secondary N) is 2. The van der Waals surface area contributed by atoms with E-state index < -0.39 is 0 Å². The zero-order valence-corrected chi connectivity index (χ0v) is 27.7. The fourth-order valence-electron chi connectivity index (χ4n) is 3.06. The quantitative estimate of drug-likeness (QED) is 0.248. The summed E-state index contributed by atoms with van der Waals surface area (Å²) in [6, 6.07) is 8.67. The maximum atomic E-state index is 7.00. The number of rotatable bonds is 11. The summed E-state index contributed by atoms with van der Waals surface area (Å²) in [5.74, 6) is 1.28. The van der Waals surface area contributed by atoms with Crippen LogP contribution >= 0.6 is 0 Å². The minimum Gasteiger partial charge on any atom is -0.400 e. The van der Waals surface area contributed by atoms with Gasteiger partial charge in [-0.05, 0) is 84.5 Å². The van der Waals surface area contributed by atoms with Gasteiger partial charge >= 0.3 is 0 Å². The molecule has 2 aromatic rings. The molecule has 2 heterocycles. The van der Waals surface area contributed by atoms with Gasteiger partial charge in [-0.25, -0.2) is 9.97 Å². The Labute approximate surface area is 241 Å². The van der Waals surface area contributed by atoms with E-state index in [9.17, 15) is 0 Å². The molecule has 2 aromatic heterocycles. The third kappa shape index (κ3) is 17.7. The van der Waals surface area contributed by atoms with Gasteiger partial charge in [0.2, 0.25) is 0 Å². The predicted molar refractivity (Wildman–Crippen MR) is 175 cm³/mol. The summed E-state index contributed by atoms with van der Waals surface area (Å²) in [5.41, 5.74) is 5.88. The number of ether oxygens (including phenoxy) is 1. The molecular weight excluding hydrogens is 486 g/mol. The van der Waals surface area contributed by atoms with Crippen molar-refractivity contribution in [1.82, 2.24) is 14.9 Å². The fourth-order valence-corrected chi connectivity index (χ4v) is 3.06. The van der Waals surface area contributed by atoms with Gasteiger partial charge in [-0.2, -0.15) is 0 Å². The number of hydrogen-bond acceptors (Lipinski definition) is 7. The Morgan fingerprint density at radius 3 is 2.00 bits per heavy atom. The maximum Gasteiger partial charge on any atom is 0.135 e. The summed E-state index contributed by atoms with van der Waals surface area (Å²) in [6.07, 6.45) is 0. The van der Waals surface area contributed by atoms with E-state index in [1.165, 1.54) is 0 Å². The highest BCUT2D eigenvalue weighted by molar-refractivity contribution is 5.78. The molecule has 0 amide bonds. The average molecular weight is 548 g/mol. The smallest absolute Gasteiger partial charge is 0.135 e. The van der Waals surface area contributed by atoms with Gasteiger partial charge in [0.25, 0.3) is 0 Å². The Bertz CT molecular complexity index is 868. The van der Waals surface area contributed by atoms with E-state index in [1.54, 1.807) is 0 Å². The number of nitrogens with zero attached hydrogens (tertiary/aromatic N) is 3. The summed E-state index contributed by atoms with van der Waals surface area (Å²) < 4.78 is 5.10. The minimum atomic E-state index is 0.343. The lowest BCUT2D eigenvalue weighted by molar-refractivity contribution is 0.129. The standard InChI is InChI=1S/C21H30N4.C6H15NO.2C2H6.CH4O/c1-8-22-21-16(9-10-17(25-21)13(2)3)18-11-12-19(23-15(6)7)20(24-18)14(4)5;1-4-8-6-5-7(2)3;3*1-2/h9-13,15,23H,4,8H2,1-3,5-7H3,(H,22,25);4-6H2,1-3H3;2*1-2H3;2H,1H3. The van der Waals surface area contributed by atoms with Crippen LogP contribution in [0.3, 0.4) is 0 Å². The van der Waals surface area contributed by atoms with Crippen molar-refractivity contribution in [3.8, 4) is 11.3 Å². The Balaban J connectivity index is -0.000000779. The highest BCUT2D eigenvalue weighted by Crippen LogP contribution is 2.31. The lowest BCUT2D eigenvalue weighted by atomic mass is 10.1. The highest BCUT2D eigenvalue weighted by Gasteiger charge is 2.14. The van der Waals surface area contributed by atoms with Gasteiger partial charge in [-0.15, -0.1) is 0 Å². The van der Waals surface area contributed by atoms with Gasteiger partial charge in [0.1, 0.15) is 5.82 Å². The first-order valence-corrected chi connectivity index (χ1v) is 14.5. The molecule has 0 saturated carbocycles. The zero-order valence-electron chi connectivity index (χ0n) is 27.7. The van der Waals surface area contributed by atoms with Crippen LogP contribution in [-0.4, -0.2) is 73.5 Å². The minimum absolute atomic E-state index is 0.343. The molecule has 2 rings (SSSR count). The summed E-state index contributed by atoms with van der Waals surface area (Å²) >= 11 is 0. The second-order valence-electron chi connectivity index (χ2n) is 8.99. The highest BCUT2D eigenvalue weighted by atomic mass is 16.5. The molecule has 0 aromatic carbocycles. The van der Waals surface area contributed by atoms with Crippen molar-refractivity contribution < 1.29 is 9.84 Å². The molecule has 0 unspecified atom stereocenters. The van der Waals surface area contributed by atoms with E-state index in [0.717, 1.165) is 73.1 Å². The van der Waals surface area contributed by atoms with Crippen LogP contribution in [0.25, 0.3) is 16.8 Å². The van der Waals surface area contributed by atoms with Gasteiger partial charge < -0.3 is 25.4 Å². The number of anilines is 2. The predicted octanol–water partition coefficient (Wildman–Crippen LogP) is 7.80. The van der Waals surface area contributed by atoms with Crippen molar-refractivity contribution in [2.45, 2.75) is 88.1 Å². The van der Waals surface area contributed by atoms with Crippen LogP contribution in [0, 0.1) is 0 Å².